The van der Waals surface area contributed by atoms with E-state index in [0.29, 0.717) is 19.7 Å². The van der Waals surface area contributed by atoms with Gasteiger partial charge in [0.1, 0.15) is 17.7 Å². The SMILES string of the molecule is CCOc1cc(-c2ccc(C3CNCCN3C(=O)OC(C)(C)C)nc2)c2cncnc2c1. The second kappa shape index (κ2) is 9.08. The summed E-state index contributed by atoms with van der Waals surface area (Å²) in [4.78, 5) is 27.8. The number of carbonyl (C=O) groups is 1. The van der Waals surface area contributed by atoms with Crippen molar-refractivity contribution in [1.29, 1.82) is 0 Å². The molecule has 0 bridgehead atoms. The predicted molar refractivity (Wildman–Crippen MR) is 122 cm³/mol. The van der Waals surface area contributed by atoms with Crippen molar-refractivity contribution < 1.29 is 14.3 Å². The van der Waals surface area contributed by atoms with E-state index in [1.807, 2.05) is 58.2 Å². The highest BCUT2D eigenvalue weighted by atomic mass is 16.6. The van der Waals surface area contributed by atoms with Gasteiger partial charge in [0.05, 0.1) is 23.9 Å². The van der Waals surface area contributed by atoms with Gasteiger partial charge in [-0.05, 0) is 45.4 Å². The molecule has 2 aromatic heterocycles. The van der Waals surface area contributed by atoms with Crippen molar-refractivity contribution in [3.8, 4) is 16.9 Å². The van der Waals surface area contributed by atoms with E-state index in [1.165, 1.54) is 6.33 Å². The summed E-state index contributed by atoms with van der Waals surface area (Å²) in [7, 11) is 0. The van der Waals surface area contributed by atoms with Crippen LogP contribution < -0.4 is 10.1 Å². The summed E-state index contributed by atoms with van der Waals surface area (Å²) in [5, 5.41) is 4.28. The molecule has 1 aliphatic heterocycles. The minimum atomic E-state index is -0.543. The van der Waals surface area contributed by atoms with E-state index in [1.54, 1.807) is 11.1 Å². The van der Waals surface area contributed by atoms with Gasteiger partial charge in [-0.3, -0.25) is 9.88 Å². The normalized spacial score (nSPS) is 16.8. The summed E-state index contributed by atoms with van der Waals surface area (Å²) in [6.07, 6.45) is 4.85. The van der Waals surface area contributed by atoms with Crippen LogP contribution in [0.4, 0.5) is 4.79 Å². The lowest BCUT2D eigenvalue weighted by Gasteiger charge is -2.36. The van der Waals surface area contributed by atoms with Gasteiger partial charge in [0.25, 0.3) is 0 Å². The lowest BCUT2D eigenvalue weighted by atomic mass is 10.0. The lowest BCUT2D eigenvalue weighted by molar-refractivity contribution is 0.0113. The first-order chi connectivity index (χ1) is 15.4. The number of carbonyl (C=O) groups excluding carboxylic acids is 1. The maximum Gasteiger partial charge on any atom is 0.410 e. The fraction of sp³-hybridized carbons (Fsp3) is 0.417. The summed E-state index contributed by atoms with van der Waals surface area (Å²) in [5.41, 5.74) is 2.98. The number of hydrogen-bond donors (Lipinski definition) is 1. The van der Waals surface area contributed by atoms with E-state index in [0.717, 1.165) is 40.0 Å². The number of hydrogen-bond acceptors (Lipinski definition) is 7. The Balaban J connectivity index is 1.65. The second-order valence-electron chi connectivity index (χ2n) is 8.72. The molecule has 1 saturated heterocycles. The Bertz CT molecular complexity index is 1090. The molecule has 1 amide bonds. The van der Waals surface area contributed by atoms with E-state index < -0.39 is 5.60 Å². The molecule has 168 valence electrons. The van der Waals surface area contributed by atoms with Gasteiger partial charge >= 0.3 is 6.09 Å². The van der Waals surface area contributed by atoms with Crippen LogP contribution in [-0.2, 0) is 4.74 Å². The fourth-order valence-electron chi connectivity index (χ4n) is 3.82. The quantitative estimate of drug-likeness (QED) is 0.663. The van der Waals surface area contributed by atoms with Crippen LogP contribution in [0.5, 0.6) is 5.75 Å². The Labute approximate surface area is 188 Å². The van der Waals surface area contributed by atoms with E-state index >= 15 is 0 Å². The van der Waals surface area contributed by atoms with Gasteiger partial charge < -0.3 is 14.8 Å². The number of rotatable bonds is 4. The molecule has 3 heterocycles. The topological polar surface area (TPSA) is 89.5 Å². The molecule has 0 spiro atoms. The zero-order valence-electron chi connectivity index (χ0n) is 19.0. The first-order valence-corrected chi connectivity index (χ1v) is 10.9. The highest BCUT2D eigenvalue weighted by molar-refractivity contribution is 5.95. The molecule has 1 aromatic carbocycles. The van der Waals surface area contributed by atoms with E-state index in [4.69, 9.17) is 14.5 Å². The first kappa shape index (κ1) is 22.0. The number of aromatic nitrogens is 3. The third-order valence-electron chi connectivity index (χ3n) is 5.22. The molecular weight excluding hydrogens is 406 g/mol. The van der Waals surface area contributed by atoms with Crippen LogP contribution in [0.3, 0.4) is 0 Å². The average molecular weight is 436 g/mol. The fourth-order valence-corrected chi connectivity index (χ4v) is 3.82. The van der Waals surface area contributed by atoms with Crippen LogP contribution in [0.1, 0.15) is 39.4 Å². The minimum absolute atomic E-state index is 0.192. The van der Waals surface area contributed by atoms with Crippen LogP contribution in [0.2, 0.25) is 0 Å². The van der Waals surface area contributed by atoms with Crippen LogP contribution in [0.25, 0.3) is 22.0 Å². The van der Waals surface area contributed by atoms with Gasteiger partial charge in [0, 0.05) is 49.0 Å². The molecule has 3 aromatic rings. The van der Waals surface area contributed by atoms with Crippen LogP contribution in [0.15, 0.2) is 43.0 Å². The Hall–Kier alpha value is -3.26. The molecule has 1 atom stereocenters. The third kappa shape index (κ3) is 4.80. The monoisotopic (exact) mass is 435 g/mol. The maximum atomic E-state index is 12.8. The molecular formula is C24H29N5O3. The number of amides is 1. The summed E-state index contributed by atoms with van der Waals surface area (Å²) >= 11 is 0. The van der Waals surface area contributed by atoms with Gasteiger partial charge in [-0.2, -0.15) is 0 Å². The van der Waals surface area contributed by atoms with Crippen molar-refractivity contribution in [2.75, 3.05) is 26.2 Å². The molecule has 8 nitrogen and oxygen atoms in total. The molecule has 1 fully saturated rings. The Morgan fingerprint density at radius 1 is 1.22 bits per heavy atom. The number of ether oxygens (including phenoxy) is 2. The van der Waals surface area contributed by atoms with E-state index in [2.05, 4.69) is 15.3 Å². The highest BCUT2D eigenvalue weighted by Crippen LogP contribution is 2.32. The van der Waals surface area contributed by atoms with E-state index in [-0.39, 0.29) is 12.1 Å². The van der Waals surface area contributed by atoms with Crippen molar-refractivity contribution in [3.63, 3.8) is 0 Å². The summed E-state index contributed by atoms with van der Waals surface area (Å²) in [6.45, 7) is 10.1. The zero-order chi connectivity index (χ0) is 22.7. The number of nitrogens with one attached hydrogen (secondary N) is 1. The van der Waals surface area contributed by atoms with Crippen LogP contribution >= 0.6 is 0 Å². The smallest absolute Gasteiger partial charge is 0.410 e. The predicted octanol–water partition coefficient (Wildman–Crippen LogP) is 3.97. The Morgan fingerprint density at radius 3 is 2.78 bits per heavy atom. The second-order valence-corrected chi connectivity index (χ2v) is 8.72. The summed E-state index contributed by atoms with van der Waals surface area (Å²) in [5.74, 6) is 0.755. The third-order valence-corrected chi connectivity index (χ3v) is 5.22. The van der Waals surface area contributed by atoms with Gasteiger partial charge in [-0.25, -0.2) is 14.8 Å². The van der Waals surface area contributed by atoms with Gasteiger partial charge in [0.15, 0.2) is 0 Å². The molecule has 1 unspecified atom stereocenters. The Kier molecular flexibility index (Phi) is 6.23. The molecule has 8 heteroatoms. The van der Waals surface area contributed by atoms with E-state index in [9.17, 15) is 4.79 Å². The van der Waals surface area contributed by atoms with Crippen LogP contribution in [0, 0.1) is 0 Å². The first-order valence-electron chi connectivity index (χ1n) is 10.9. The van der Waals surface area contributed by atoms with Crippen LogP contribution in [-0.4, -0.2) is 57.8 Å². The molecule has 1 N–H and O–H groups in total. The standard InChI is InChI=1S/C24H29N5O3/c1-5-31-17-10-18(19-13-26-15-28-21(19)11-17)16-6-7-20(27-12-16)22-14-25-8-9-29(22)23(30)32-24(2,3)4/h6-7,10-13,15,22,25H,5,8-9,14H2,1-4H3. The van der Waals surface area contributed by atoms with Crippen molar-refractivity contribution >= 4 is 17.0 Å². The van der Waals surface area contributed by atoms with Crippen molar-refractivity contribution in [1.82, 2.24) is 25.2 Å². The number of nitrogens with zero attached hydrogens (tertiary/aromatic N) is 4. The number of pyridine rings is 1. The lowest BCUT2D eigenvalue weighted by Crippen LogP contribution is -2.50. The van der Waals surface area contributed by atoms with Gasteiger partial charge in [-0.15, -0.1) is 0 Å². The number of fused-ring (bicyclic) bond motifs is 1. The Morgan fingerprint density at radius 2 is 2.06 bits per heavy atom. The molecule has 32 heavy (non-hydrogen) atoms. The minimum Gasteiger partial charge on any atom is -0.494 e. The highest BCUT2D eigenvalue weighted by Gasteiger charge is 2.32. The average Bonchev–Trinajstić information content (AvgIpc) is 2.78. The van der Waals surface area contributed by atoms with Gasteiger partial charge in [-0.1, -0.05) is 6.07 Å². The van der Waals surface area contributed by atoms with Crippen molar-refractivity contribution in [2.45, 2.75) is 39.3 Å². The van der Waals surface area contributed by atoms with Crippen molar-refractivity contribution in [3.05, 3.63) is 48.7 Å². The molecule has 4 rings (SSSR count). The molecule has 0 radical (unpaired) electrons. The molecule has 0 aliphatic carbocycles. The molecule has 1 aliphatic rings. The number of piperazine rings is 1. The zero-order valence-corrected chi connectivity index (χ0v) is 19.0. The number of benzene rings is 1. The maximum absolute atomic E-state index is 12.8. The summed E-state index contributed by atoms with van der Waals surface area (Å²) in [6, 6.07) is 7.69. The van der Waals surface area contributed by atoms with Crippen molar-refractivity contribution in [2.24, 2.45) is 0 Å². The largest absolute Gasteiger partial charge is 0.494 e. The summed E-state index contributed by atoms with van der Waals surface area (Å²) < 4.78 is 11.3. The van der Waals surface area contributed by atoms with Gasteiger partial charge in [0.2, 0.25) is 0 Å². The molecule has 0 saturated carbocycles.